The summed E-state index contributed by atoms with van der Waals surface area (Å²) in [6.07, 6.45) is -0.175. The van der Waals surface area contributed by atoms with E-state index in [-0.39, 0.29) is 17.3 Å². The second kappa shape index (κ2) is 5.81. The normalized spacial score (nSPS) is 11.9. The third-order valence-corrected chi connectivity index (χ3v) is 2.85. The smallest absolute Gasteiger partial charge is 0.312 e. The summed E-state index contributed by atoms with van der Waals surface area (Å²) in [5.41, 5.74) is 5.86. The minimum absolute atomic E-state index is 0.137. The molecule has 0 saturated carbocycles. The molecule has 1 aromatic rings. The lowest BCUT2D eigenvalue weighted by molar-refractivity contribution is -0.386. The van der Waals surface area contributed by atoms with Crippen molar-refractivity contribution >= 4 is 27.5 Å². The lowest BCUT2D eigenvalue weighted by atomic mass is 10.2. The number of amidine groups is 1. The maximum Gasteiger partial charge on any atom is 0.312 e. The SMILES string of the molecule is CCC(Oc1c(C)cc(Br)cc1[N+](=O)[O-])C(=N)N. The predicted octanol–water partition coefficient (Wildman–Crippen LogP) is 2.76. The number of nitrogens with one attached hydrogen (secondary N) is 1. The monoisotopic (exact) mass is 315 g/mol. The second-order valence-corrected chi connectivity index (χ2v) is 4.71. The predicted molar refractivity (Wildman–Crippen MR) is 72.2 cm³/mol. The number of nitrogens with zero attached hydrogens (tertiary/aromatic N) is 1. The van der Waals surface area contributed by atoms with Gasteiger partial charge in [0.1, 0.15) is 5.84 Å². The Labute approximate surface area is 113 Å². The van der Waals surface area contributed by atoms with Gasteiger partial charge in [0, 0.05) is 10.5 Å². The van der Waals surface area contributed by atoms with Crippen LogP contribution in [0.5, 0.6) is 5.75 Å². The minimum Gasteiger partial charge on any atom is -0.475 e. The van der Waals surface area contributed by atoms with E-state index in [0.29, 0.717) is 16.5 Å². The molecule has 3 N–H and O–H groups in total. The number of benzene rings is 1. The number of aryl methyl sites for hydroxylation is 1. The van der Waals surface area contributed by atoms with Gasteiger partial charge in [-0.1, -0.05) is 22.9 Å². The Bertz CT molecular complexity index is 491. The highest BCUT2D eigenvalue weighted by Gasteiger charge is 2.22. The fraction of sp³-hybridized carbons (Fsp3) is 0.364. The molecule has 1 aromatic carbocycles. The average Bonchev–Trinajstić information content (AvgIpc) is 2.26. The van der Waals surface area contributed by atoms with Crippen molar-refractivity contribution in [2.24, 2.45) is 5.73 Å². The van der Waals surface area contributed by atoms with Crippen molar-refractivity contribution in [3.8, 4) is 5.75 Å². The van der Waals surface area contributed by atoms with Crippen LogP contribution in [0.25, 0.3) is 0 Å². The van der Waals surface area contributed by atoms with Crippen LogP contribution in [0.2, 0.25) is 0 Å². The van der Waals surface area contributed by atoms with Gasteiger partial charge in [0.25, 0.3) is 0 Å². The molecule has 1 unspecified atom stereocenters. The molecule has 0 aliphatic carbocycles. The van der Waals surface area contributed by atoms with E-state index in [4.69, 9.17) is 15.9 Å². The number of halogens is 1. The van der Waals surface area contributed by atoms with Crippen molar-refractivity contribution in [1.82, 2.24) is 0 Å². The highest BCUT2D eigenvalue weighted by Crippen LogP contribution is 2.35. The van der Waals surface area contributed by atoms with Gasteiger partial charge in [-0.2, -0.15) is 0 Å². The van der Waals surface area contributed by atoms with Crippen molar-refractivity contribution in [2.45, 2.75) is 26.4 Å². The van der Waals surface area contributed by atoms with Crippen molar-refractivity contribution in [2.75, 3.05) is 0 Å². The molecule has 18 heavy (non-hydrogen) atoms. The third kappa shape index (κ3) is 3.19. The van der Waals surface area contributed by atoms with E-state index in [1.807, 2.05) is 0 Å². The molecule has 6 nitrogen and oxygen atoms in total. The van der Waals surface area contributed by atoms with Crippen LogP contribution in [0.1, 0.15) is 18.9 Å². The average molecular weight is 316 g/mol. The van der Waals surface area contributed by atoms with Gasteiger partial charge in [0.2, 0.25) is 5.75 Å². The number of ether oxygens (including phenoxy) is 1. The van der Waals surface area contributed by atoms with E-state index >= 15 is 0 Å². The lowest BCUT2D eigenvalue weighted by Crippen LogP contribution is -2.32. The van der Waals surface area contributed by atoms with Gasteiger partial charge >= 0.3 is 5.69 Å². The van der Waals surface area contributed by atoms with Crippen LogP contribution in [0, 0.1) is 22.4 Å². The Morgan fingerprint density at radius 3 is 2.72 bits per heavy atom. The highest BCUT2D eigenvalue weighted by molar-refractivity contribution is 9.10. The Hall–Kier alpha value is -1.63. The van der Waals surface area contributed by atoms with E-state index in [2.05, 4.69) is 15.9 Å². The zero-order chi connectivity index (χ0) is 13.9. The first-order valence-electron chi connectivity index (χ1n) is 5.31. The molecule has 0 radical (unpaired) electrons. The zero-order valence-corrected chi connectivity index (χ0v) is 11.7. The fourth-order valence-electron chi connectivity index (χ4n) is 1.51. The Morgan fingerprint density at radius 2 is 2.28 bits per heavy atom. The zero-order valence-electron chi connectivity index (χ0n) is 10.1. The van der Waals surface area contributed by atoms with Crippen LogP contribution in [0.3, 0.4) is 0 Å². The van der Waals surface area contributed by atoms with Crippen LogP contribution in [0.15, 0.2) is 16.6 Å². The van der Waals surface area contributed by atoms with Crippen LogP contribution in [-0.4, -0.2) is 16.9 Å². The number of nitro groups is 1. The van der Waals surface area contributed by atoms with E-state index in [0.717, 1.165) is 0 Å². The van der Waals surface area contributed by atoms with Crippen molar-refractivity contribution < 1.29 is 9.66 Å². The topological polar surface area (TPSA) is 102 Å². The Kier molecular flexibility index (Phi) is 4.66. The number of nitrogens with two attached hydrogens (primary N) is 1. The summed E-state index contributed by atoms with van der Waals surface area (Å²) in [7, 11) is 0. The molecule has 0 spiro atoms. The van der Waals surface area contributed by atoms with E-state index in [1.165, 1.54) is 6.07 Å². The van der Waals surface area contributed by atoms with Gasteiger partial charge in [0.15, 0.2) is 6.10 Å². The molecule has 0 aromatic heterocycles. The number of rotatable bonds is 5. The second-order valence-electron chi connectivity index (χ2n) is 3.80. The van der Waals surface area contributed by atoms with Crippen molar-refractivity contribution in [1.29, 1.82) is 5.41 Å². The number of hydrogen-bond donors (Lipinski definition) is 2. The van der Waals surface area contributed by atoms with Gasteiger partial charge in [-0.15, -0.1) is 0 Å². The van der Waals surface area contributed by atoms with Gasteiger partial charge in [0.05, 0.1) is 4.92 Å². The minimum atomic E-state index is -0.649. The molecule has 0 saturated heterocycles. The maximum absolute atomic E-state index is 11.0. The van der Waals surface area contributed by atoms with E-state index < -0.39 is 11.0 Å². The fourth-order valence-corrected chi connectivity index (χ4v) is 2.07. The molecule has 0 amide bonds. The van der Waals surface area contributed by atoms with Crippen LogP contribution in [0.4, 0.5) is 5.69 Å². The summed E-state index contributed by atoms with van der Waals surface area (Å²) in [6, 6.07) is 3.09. The van der Waals surface area contributed by atoms with Crippen LogP contribution < -0.4 is 10.5 Å². The van der Waals surface area contributed by atoms with Gasteiger partial charge in [-0.05, 0) is 25.0 Å². The first-order valence-corrected chi connectivity index (χ1v) is 6.11. The summed E-state index contributed by atoms with van der Waals surface area (Å²) in [5, 5.41) is 18.4. The summed E-state index contributed by atoms with van der Waals surface area (Å²) in [5.74, 6) is 0.0133. The third-order valence-electron chi connectivity index (χ3n) is 2.39. The lowest BCUT2D eigenvalue weighted by Gasteiger charge is -2.17. The number of nitro benzene ring substituents is 1. The molecular formula is C11H14BrN3O3. The van der Waals surface area contributed by atoms with E-state index in [9.17, 15) is 10.1 Å². The molecule has 0 fully saturated rings. The quantitative estimate of drug-likeness (QED) is 0.377. The molecule has 1 rings (SSSR count). The largest absolute Gasteiger partial charge is 0.475 e. The van der Waals surface area contributed by atoms with Crippen LogP contribution in [-0.2, 0) is 0 Å². The molecule has 0 bridgehead atoms. The van der Waals surface area contributed by atoms with Crippen LogP contribution >= 0.6 is 15.9 Å². The Morgan fingerprint density at radius 1 is 1.67 bits per heavy atom. The van der Waals surface area contributed by atoms with Crippen molar-refractivity contribution in [3.63, 3.8) is 0 Å². The molecular weight excluding hydrogens is 302 g/mol. The summed E-state index contributed by atoms with van der Waals surface area (Å²) < 4.78 is 6.10. The van der Waals surface area contributed by atoms with Crippen molar-refractivity contribution in [3.05, 3.63) is 32.3 Å². The molecule has 0 aliphatic heterocycles. The standard InChI is InChI=1S/C11H14BrN3O3/c1-3-9(11(13)14)18-10-6(2)4-7(12)5-8(10)15(16)17/h4-5,9H,3H2,1-2H3,(H3,13,14). The summed E-state index contributed by atoms with van der Waals surface area (Å²) in [4.78, 5) is 10.5. The molecule has 7 heteroatoms. The number of hydrogen-bond acceptors (Lipinski definition) is 4. The summed E-state index contributed by atoms with van der Waals surface area (Å²) in [6.45, 7) is 3.51. The first kappa shape index (κ1) is 14.4. The molecule has 98 valence electrons. The Balaban J connectivity index is 3.22. The molecule has 1 atom stereocenters. The van der Waals surface area contributed by atoms with Gasteiger partial charge < -0.3 is 10.5 Å². The molecule has 0 heterocycles. The van der Waals surface area contributed by atoms with Gasteiger partial charge in [-0.25, -0.2) is 0 Å². The first-order chi connectivity index (χ1) is 8.36. The molecule has 0 aliphatic rings. The highest BCUT2D eigenvalue weighted by atomic mass is 79.9. The van der Waals surface area contributed by atoms with E-state index in [1.54, 1.807) is 19.9 Å². The maximum atomic E-state index is 11.0. The van der Waals surface area contributed by atoms with Gasteiger partial charge in [-0.3, -0.25) is 15.5 Å². The summed E-state index contributed by atoms with van der Waals surface area (Å²) >= 11 is 3.20.